The summed E-state index contributed by atoms with van der Waals surface area (Å²) in [6.07, 6.45) is 2.67. The van der Waals surface area contributed by atoms with Gasteiger partial charge in [-0.25, -0.2) is 0 Å². The molecule has 0 saturated carbocycles. The standard InChI is InChI=1S/C8H10N2O3/c1-5(7(9)11)10-8(12)6-2-3-13-4-6/h2-5H,1H3,(H2,9,11)(H,10,12)/t5-/m1/s1. The molecule has 2 amide bonds. The van der Waals surface area contributed by atoms with Crippen LogP contribution in [-0.2, 0) is 4.79 Å². The van der Waals surface area contributed by atoms with E-state index in [2.05, 4.69) is 5.32 Å². The number of furan rings is 1. The minimum absolute atomic E-state index is 0.369. The van der Waals surface area contributed by atoms with E-state index < -0.39 is 11.9 Å². The molecule has 1 atom stereocenters. The molecule has 0 spiro atoms. The van der Waals surface area contributed by atoms with Crippen molar-refractivity contribution in [3.63, 3.8) is 0 Å². The predicted molar refractivity (Wildman–Crippen MR) is 44.8 cm³/mol. The number of rotatable bonds is 3. The molecule has 70 valence electrons. The average Bonchev–Trinajstić information content (AvgIpc) is 2.55. The molecule has 0 fully saturated rings. The van der Waals surface area contributed by atoms with Gasteiger partial charge in [0.2, 0.25) is 5.91 Å². The molecule has 0 unspecified atom stereocenters. The van der Waals surface area contributed by atoms with Crippen molar-refractivity contribution in [1.82, 2.24) is 5.32 Å². The summed E-state index contributed by atoms with van der Waals surface area (Å²) in [5.41, 5.74) is 5.33. The Balaban J connectivity index is 2.56. The molecule has 0 aromatic carbocycles. The fourth-order valence-electron chi connectivity index (χ4n) is 0.745. The molecule has 5 heteroatoms. The van der Waals surface area contributed by atoms with Gasteiger partial charge in [0.05, 0.1) is 11.8 Å². The first-order valence-corrected chi connectivity index (χ1v) is 3.73. The van der Waals surface area contributed by atoms with E-state index >= 15 is 0 Å². The van der Waals surface area contributed by atoms with Crippen molar-refractivity contribution in [1.29, 1.82) is 0 Å². The fraction of sp³-hybridized carbons (Fsp3) is 0.250. The highest BCUT2D eigenvalue weighted by Gasteiger charge is 2.13. The van der Waals surface area contributed by atoms with Gasteiger partial charge in [-0.05, 0) is 13.0 Å². The molecule has 0 bridgehead atoms. The van der Waals surface area contributed by atoms with E-state index in [1.807, 2.05) is 0 Å². The second-order valence-electron chi connectivity index (χ2n) is 2.61. The van der Waals surface area contributed by atoms with Gasteiger partial charge in [-0.3, -0.25) is 9.59 Å². The molecule has 0 aliphatic heterocycles. The number of hydrogen-bond acceptors (Lipinski definition) is 3. The molecule has 0 saturated heterocycles. The van der Waals surface area contributed by atoms with Crippen molar-refractivity contribution < 1.29 is 14.0 Å². The van der Waals surface area contributed by atoms with E-state index in [1.54, 1.807) is 0 Å². The molecule has 0 aliphatic rings. The molecule has 0 aliphatic carbocycles. The maximum absolute atomic E-state index is 11.2. The van der Waals surface area contributed by atoms with Gasteiger partial charge in [-0.1, -0.05) is 0 Å². The second-order valence-corrected chi connectivity index (χ2v) is 2.61. The van der Waals surface area contributed by atoms with Gasteiger partial charge in [0.25, 0.3) is 5.91 Å². The van der Waals surface area contributed by atoms with Crippen LogP contribution >= 0.6 is 0 Å². The molecule has 1 aromatic rings. The summed E-state index contributed by atoms with van der Waals surface area (Å²) in [6, 6.07) is 0.825. The van der Waals surface area contributed by atoms with Crippen LogP contribution in [0.2, 0.25) is 0 Å². The van der Waals surface area contributed by atoms with E-state index in [0.717, 1.165) is 0 Å². The third kappa shape index (κ3) is 2.33. The number of primary amides is 1. The molecule has 3 N–H and O–H groups in total. The second kappa shape index (κ2) is 3.75. The van der Waals surface area contributed by atoms with Crippen LogP contribution in [0.15, 0.2) is 23.0 Å². The Morgan fingerprint density at radius 3 is 2.77 bits per heavy atom. The first-order valence-electron chi connectivity index (χ1n) is 3.73. The zero-order valence-electron chi connectivity index (χ0n) is 7.11. The third-order valence-corrected chi connectivity index (χ3v) is 1.56. The highest BCUT2D eigenvalue weighted by molar-refractivity contribution is 5.96. The van der Waals surface area contributed by atoms with Crippen LogP contribution in [0.25, 0.3) is 0 Å². The third-order valence-electron chi connectivity index (χ3n) is 1.56. The lowest BCUT2D eigenvalue weighted by Gasteiger charge is -2.07. The van der Waals surface area contributed by atoms with Crippen molar-refractivity contribution in [3.8, 4) is 0 Å². The molecule has 1 aromatic heterocycles. The first-order chi connectivity index (χ1) is 6.11. The van der Waals surface area contributed by atoms with Gasteiger partial charge in [0.1, 0.15) is 12.3 Å². The van der Waals surface area contributed by atoms with Crippen LogP contribution in [0, 0.1) is 0 Å². The number of nitrogens with one attached hydrogen (secondary N) is 1. The molecule has 5 nitrogen and oxygen atoms in total. The molecule has 0 radical (unpaired) electrons. The highest BCUT2D eigenvalue weighted by Crippen LogP contribution is 1.99. The zero-order valence-corrected chi connectivity index (χ0v) is 7.11. The molecular formula is C8H10N2O3. The molecule has 1 rings (SSSR count). The Morgan fingerprint density at radius 1 is 1.62 bits per heavy atom. The van der Waals surface area contributed by atoms with E-state index in [9.17, 15) is 9.59 Å². The van der Waals surface area contributed by atoms with Crippen LogP contribution in [-0.4, -0.2) is 17.9 Å². The van der Waals surface area contributed by atoms with Crippen LogP contribution in [0.5, 0.6) is 0 Å². The molecular weight excluding hydrogens is 172 g/mol. The molecule has 13 heavy (non-hydrogen) atoms. The fourth-order valence-corrected chi connectivity index (χ4v) is 0.745. The smallest absolute Gasteiger partial charge is 0.255 e. The number of carbonyl (C=O) groups is 2. The van der Waals surface area contributed by atoms with E-state index in [-0.39, 0.29) is 5.91 Å². The Kier molecular flexibility index (Phi) is 2.69. The van der Waals surface area contributed by atoms with Crippen LogP contribution < -0.4 is 11.1 Å². The van der Waals surface area contributed by atoms with Gasteiger partial charge in [0.15, 0.2) is 0 Å². The lowest BCUT2D eigenvalue weighted by Crippen LogP contribution is -2.42. The predicted octanol–water partition coefficient (Wildman–Crippen LogP) is -0.117. The minimum atomic E-state index is -0.678. The summed E-state index contributed by atoms with van der Waals surface area (Å²) >= 11 is 0. The van der Waals surface area contributed by atoms with Crippen molar-refractivity contribution in [3.05, 3.63) is 24.2 Å². The summed E-state index contributed by atoms with van der Waals surface area (Å²) in [6.45, 7) is 1.51. The lowest BCUT2D eigenvalue weighted by molar-refractivity contribution is -0.119. The summed E-state index contributed by atoms with van der Waals surface area (Å²) < 4.78 is 4.70. The highest BCUT2D eigenvalue weighted by atomic mass is 16.3. The SMILES string of the molecule is C[C@@H](NC(=O)c1ccoc1)C(N)=O. The van der Waals surface area contributed by atoms with Crippen LogP contribution in [0.1, 0.15) is 17.3 Å². The molecule has 1 heterocycles. The normalized spacial score (nSPS) is 12.1. The summed E-state index contributed by atoms with van der Waals surface area (Å²) in [5.74, 6) is -0.947. The monoisotopic (exact) mass is 182 g/mol. The summed E-state index contributed by atoms with van der Waals surface area (Å²) in [5, 5.41) is 2.41. The largest absolute Gasteiger partial charge is 0.472 e. The van der Waals surface area contributed by atoms with Gasteiger partial charge in [0, 0.05) is 0 Å². The van der Waals surface area contributed by atoms with E-state index in [1.165, 1.54) is 25.5 Å². The number of nitrogens with two attached hydrogens (primary N) is 1. The zero-order chi connectivity index (χ0) is 9.84. The van der Waals surface area contributed by atoms with Crippen molar-refractivity contribution in [2.45, 2.75) is 13.0 Å². The number of amides is 2. The summed E-state index contributed by atoms with van der Waals surface area (Å²) in [7, 11) is 0. The maximum atomic E-state index is 11.2. The van der Waals surface area contributed by atoms with Gasteiger partial charge in [-0.2, -0.15) is 0 Å². The topological polar surface area (TPSA) is 85.3 Å². The summed E-state index contributed by atoms with van der Waals surface area (Å²) in [4.78, 5) is 21.8. The van der Waals surface area contributed by atoms with Gasteiger partial charge < -0.3 is 15.5 Å². The van der Waals surface area contributed by atoms with E-state index in [0.29, 0.717) is 5.56 Å². The number of carbonyl (C=O) groups excluding carboxylic acids is 2. The van der Waals surface area contributed by atoms with Crippen LogP contribution in [0.3, 0.4) is 0 Å². The average molecular weight is 182 g/mol. The van der Waals surface area contributed by atoms with Crippen molar-refractivity contribution in [2.24, 2.45) is 5.73 Å². The minimum Gasteiger partial charge on any atom is -0.472 e. The Bertz CT molecular complexity index is 305. The quantitative estimate of drug-likeness (QED) is 0.683. The lowest BCUT2D eigenvalue weighted by atomic mass is 10.2. The maximum Gasteiger partial charge on any atom is 0.255 e. The Morgan fingerprint density at radius 2 is 2.31 bits per heavy atom. The van der Waals surface area contributed by atoms with Crippen molar-refractivity contribution >= 4 is 11.8 Å². The Labute approximate surface area is 74.9 Å². The van der Waals surface area contributed by atoms with Gasteiger partial charge >= 0.3 is 0 Å². The van der Waals surface area contributed by atoms with Gasteiger partial charge in [-0.15, -0.1) is 0 Å². The first kappa shape index (κ1) is 9.31. The van der Waals surface area contributed by atoms with Crippen LogP contribution in [0.4, 0.5) is 0 Å². The number of hydrogen-bond donors (Lipinski definition) is 2. The van der Waals surface area contributed by atoms with Crippen molar-refractivity contribution in [2.75, 3.05) is 0 Å². The van der Waals surface area contributed by atoms with E-state index in [4.69, 9.17) is 10.2 Å². The Hall–Kier alpha value is -1.78.